The van der Waals surface area contributed by atoms with Gasteiger partial charge in [-0.15, -0.1) is 0 Å². The zero-order valence-electron chi connectivity index (χ0n) is 10.3. The Labute approximate surface area is 108 Å². The molecule has 4 nitrogen and oxygen atoms in total. The van der Waals surface area contributed by atoms with Crippen LogP contribution in [-0.4, -0.2) is 16.1 Å². The first-order valence-electron chi connectivity index (χ1n) is 5.91. The van der Waals surface area contributed by atoms with Gasteiger partial charge in [-0.25, -0.2) is 8.78 Å². The van der Waals surface area contributed by atoms with Crippen LogP contribution in [0.5, 0.6) is 0 Å². The van der Waals surface area contributed by atoms with Crippen LogP contribution in [0.25, 0.3) is 0 Å². The number of aryl methyl sites for hydroxylation is 1. The number of hydrogen-bond acceptors (Lipinski definition) is 2. The molecule has 0 fully saturated rings. The average Bonchev–Trinajstić information content (AvgIpc) is 2.80. The van der Waals surface area contributed by atoms with Gasteiger partial charge in [0.05, 0.1) is 5.56 Å². The van der Waals surface area contributed by atoms with Crippen molar-refractivity contribution in [3.05, 3.63) is 47.2 Å². The number of nitrogens with one attached hydrogen (secondary N) is 2. The van der Waals surface area contributed by atoms with Crippen LogP contribution < -0.4 is 5.32 Å². The fraction of sp³-hybridized carbons (Fsp3) is 0.231. The van der Waals surface area contributed by atoms with Crippen molar-refractivity contribution in [2.75, 3.05) is 5.32 Å². The van der Waals surface area contributed by atoms with Gasteiger partial charge < -0.3 is 5.32 Å². The van der Waals surface area contributed by atoms with E-state index in [1.165, 1.54) is 12.1 Å². The number of nitrogens with zero attached hydrogens (tertiary/aromatic N) is 1. The van der Waals surface area contributed by atoms with E-state index in [1.54, 1.807) is 6.07 Å². The Morgan fingerprint density at radius 2 is 2.21 bits per heavy atom. The van der Waals surface area contributed by atoms with Crippen LogP contribution in [0.2, 0.25) is 0 Å². The van der Waals surface area contributed by atoms with E-state index in [2.05, 4.69) is 15.5 Å². The van der Waals surface area contributed by atoms with Gasteiger partial charge in [-0.2, -0.15) is 5.10 Å². The summed E-state index contributed by atoms with van der Waals surface area (Å²) in [5.41, 5.74) is 0.526. The van der Waals surface area contributed by atoms with E-state index in [0.29, 0.717) is 0 Å². The molecule has 0 aliphatic carbocycles. The maximum absolute atomic E-state index is 13.4. The van der Waals surface area contributed by atoms with Gasteiger partial charge in [-0.1, -0.05) is 19.4 Å². The Morgan fingerprint density at radius 1 is 1.42 bits per heavy atom. The Bertz CT molecular complexity index is 595. The zero-order chi connectivity index (χ0) is 13.8. The fourth-order valence-corrected chi connectivity index (χ4v) is 1.69. The molecule has 1 heterocycles. The highest BCUT2D eigenvalue weighted by molar-refractivity contribution is 6.03. The molecule has 1 aromatic carbocycles. The van der Waals surface area contributed by atoms with Crippen molar-refractivity contribution in [3.8, 4) is 0 Å². The molecule has 2 aromatic rings. The van der Waals surface area contributed by atoms with Crippen LogP contribution in [-0.2, 0) is 6.42 Å². The number of rotatable bonds is 4. The Kier molecular flexibility index (Phi) is 3.89. The van der Waals surface area contributed by atoms with Gasteiger partial charge in [-0.05, 0) is 18.6 Å². The van der Waals surface area contributed by atoms with Gasteiger partial charge in [0.25, 0.3) is 5.91 Å². The standard InChI is InChI=1S/C13H13F2N3O/c1-2-4-8-7-11(18-17-8)16-13(19)9-5-3-6-10(14)12(9)15/h3,5-7H,2,4H2,1H3,(H2,16,17,18,19). The minimum atomic E-state index is -1.16. The smallest absolute Gasteiger partial charge is 0.259 e. The molecule has 0 unspecified atom stereocenters. The van der Waals surface area contributed by atoms with Crippen molar-refractivity contribution in [3.63, 3.8) is 0 Å². The molecule has 0 bridgehead atoms. The number of benzene rings is 1. The minimum absolute atomic E-state index is 0.289. The lowest BCUT2D eigenvalue weighted by Gasteiger charge is -2.03. The van der Waals surface area contributed by atoms with Crippen molar-refractivity contribution in [2.24, 2.45) is 0 Å². The van der Waals surface area contributed by atoms with Gasteiger partial charge in [0, 0.05) is 11.8 Å². The molecule has 0 atom stereocenters. The third-order valence-corrected chi connectivity index (χ3v) is 2.59. The number of aromatic nitrogens is 2. The van der Waals surface area contributed by atoms with E-state index < -0.39 is 17.5 Å². The van der Waals surface area contributed by atoms with Crippen LogP contribution in [0.1, 0.15) is 29.4 Å². The summed E-state index contributed by atoms with van der Waals surface area (Å²) in [6.07, 6.45) is 1.74. The van der Waals surface area contributed by atoms with E-state index >= 15 is 0 Å². The van der Waals surface area contributed by atoms with Crippen LogP contribution >= 0.6 is 0 Å². The topological polar surface area (TPSA) is 57.8 Å². The summed E-state index contributed by atoms with van der Waals surface area (Å²) < 4.78 is 26.4. The maximum atomic E-state index is 13.4. The van der Waals surface area contributed by atoms with E-state index in [4.69, 9.17) is 0 Å². The normalized spacial score (nSPS) is 10.5. The SMILES string of the molecule is CCCc1cc(NC(=O)c2cccc(F)c2F)n[nH]1. The molecule has 6 heteroatoms. The number of carbonyl (C=O) groups is 1. The molecule has 1 aromatic heterocycles. The van der Waals surface area contributed by atoms with E-state index in [-0.39, 0.29) is 11.4 Å². The third kappa shape index (κ3) is 2.96. The molecule has 0 spiro atoms. The van der Waals surface area contributed by atoms with Crippen LogP contribution in [0.4, 0.5) is 14.6 Å². The zero-order valence-corrected chi connectivity index (χ0v) is 10.3. The van der Waals surface area contributed by atoms with Gasteiger partial charge in [-0.3, -0.25) is 9.89 Å². The second-order valence-electron chi connectivity index (χ2n) is 4.08. The summed E-state index contributed by atoms with van der Waals surface area (Å²) in [6.45, 7) is 2.02. The quantitative estimate of drug-likeness (QED) is 0.893. The summed E-state index contributed by atoms with van der Waals surface area (Å²) in [6, 6.07) is 5.12. The van der Waals surface area contributed by atoms with Crippen LogP contribution in [0.15, 0.2) is 24.3 Å². The van der Waals surface area contributed by atoms with Crippen LogP contribution in [0, 0.1) is 11.6 Å². The van der Waals surface area contributed by atoms with Crippen LogP contribution in [0.3, 0.4) is 0 Å². The fourth-order valence-electron chi connectivity index (χ4n) is 1.69. The lowest BCUT2D eigenvalue weighted by molar-refractivity contribution is 0.102. The third-order valence-electron chi connectivity index (χ3n) is 2.59. The number of carbonyl (C=O) groups excluding carboxylic acids is 1. The number of H-pyrrole nitrogens is 1. The predicted molar refractivity (Wildman–Crippen MR) is 66.9 cm³/mol. The highest BCUT2D eigenvalue weighted by Gasteiger charge is 2.16. The molecular formula is C13H13F2N3O. The molecule has 0 aliphatic heterocycles. The highest BCUT2D eigenvalue weighted by atomic mass is 19.2. The largest absolute Gasteiger partial charge is 0.305 e. The summed E-state index contributed by atoms with van der Waals surface area (Å²) in [4.78, 5) is 11.8. The minimum Gasteiger partial charge on any atom is -0.305 e. The molecular weight excluding hydrogens is 252 g/mol. The van der Waals surface area contributed by atoms with Crippen molar-refractivity contribution in [2.45, 2.75) is 19.8 Å². The number of amides is 1. The first-order valence-corrected chi connectivity index (χ1v) is 5.91. The van der Waals surface area contributed by atoms with E-state index in [1.807, 2.05) is 6.92 Å². The molecule has 0 radical (unpaired) electrons. The lowest BCUT2D eigenvalue weighted by Crippen LogP contribution is -2.14. The summed E-state index contributed by atoms with van der Waals surface area (Å²) in [5.74, 6) is -2.66. The second-order valence-corrected chi connectivity index (χ2v) is 4.08. The molecule has 0 aliphatic rings. The van der Waals surface area contributed by atoms with Gasteiger partial charge >= 0.3 is 0 Å². The van der Waals surface area contributed by atoms with Crippen molar-refractivity contribution in [1.82, 2.24) is 10.2 Å². The average molecular weight is 265 g/mol. The molecule has 0 saturated carbocycles. The molecule has 0 saturated heterocycles. The summed E-state index contributed by atoms with van der Waals surface area (Å²) in [7, 11) is 0. The Balaban J connectivity index is 2.14. The Hall–Kier alpha value is -2.24. The predicted octanol–water partition coefficient (Wildman–Crippen LogP) is 2.89. The Morgan fingerprint density at radius 3 is 2.95 bits per heavy atom. The molecule has 19 heavy (non-hydrogen) atoms. The van der Waals surface area contributed by atoms with E-state index in [9.17, 15) is 13.6 Å². The highest BCUT2D eigenvalue weighted by Crippen LogP contribution is 2.14. The van der Waals surface area contributed by atoms with Gasteiger partial charge in [0.1, 0.15) is 0 Å². The van der Waals surface area contributed by atoms with Gasteiger partial charge in [0.2, 0.25) is 0 Å². The summed E-state index contributed by atoms with van der Waals surface area (Å²) in [5, 5.41) is 9.05. The van der Waals surface area contributed by atoms with Crippen molar-refractivity contribution in [1.29, 1.82) is 0 Å². The first-order chi connectivity index (χ1) is 9.11. The number of anilines is 1. The maximum Gasteiger partial charge on any atom is 0.259 e. The van der Waals surface area contributed by atoms with E-state index in [0.717, 1.165) is 24.6 Å². The lowest BCUT2D eigenvalue weighted by atomic mass is 10.2. The molecule has 2 rings (SSSR count). The molecule has 100 valence electrons. The second kappa shape index (κ2) is 5.60. The number of hydrogen-bond donors (Lipinski definition) is 2. The van der Waals surface area contributed by atoms with Crippen molar-refractivity contribution >= 4 is 11.7 Å². The molecule has 1 amide bonds. The van der Waals surface area contributed by atoms with Crippen molar-refractivity contribution < 1.29 is 13.6 Å². The molecule has 2 N–H and O–H groups in total. The van der Waals surface area contributed by atoms with Gasteiger partial charge in [0.15, 0.2) is 17.5 Å². The number of aromatic amines is 1. The monoisotopic (exact) mass is 265 g/mol. The summed E-state index contributed by atoms with van der Waals surface area (Å²) >= 11 is 0. The number of halogens is 2. The first kappa shape index (κ1) is 13.2.